The van der Waals surface area contributed by atoms with Gasteiger partial charge in [0.2, 0.25) is 5.91 Å². The zero-order chi connectivity index (χ0) is 24.6. The minimum Gasteiger partial charge on any atom is -0.381 e. The molecule has 3 aromatic carbocycles. The van der Waals surface area contributed by atoms with Crippen LogP contribution in [0.3, 0.4) is 0 Å². The number of ether oxygens (including phenoxy) is 1. The molecule has 2 fully saturated rings. The zero-order valence-electron chi connectivity index (χ0n) is 20.2. The van der Waals surface area contributed by atoms with Crippen molar-refractivity contribution in [2.24, 2.45) is 0 Å². The second kappa shape index (κ2) is 9.60. The summed E-state index contributed by atoms with van der Waals surface area (Å²) < 4.78 is 5.59. The van der Waals surface area contributed by atoms with E-state index in [1.807, 2.05) is 60.7 Å². The standard InChI is InChI=1S/C30H30ClNO3/c1-3-20-9-10-22(21-11-13-23(31)14-12-21)19-26(20)27-28(33)30(17-15-25(35-2)16-18-30)32(29(27)34)24-7-5-4-6-8-24/h4-14,19,25,27H,3,15-18H2,1-2H3. The number of rotatable bonds is 5. The Morgan fingerprint density at radius 1 is 0.943 bits per heavy atom. The van der Waals surface area contributed by atoms with Crippen molar-refractivity contribution >= 4 is 29.0 Å². The molecule has 1 saturated carbocycles. The molecule has 4 nitrogen and oxygen atoms in total. The third-order valence-electron chi connectivity index (χ3n) is 7.74. The number of nitrogens with zero attached hydrogens (tertiary/aromatic N) is 1. The number of anilines is 1. The molecule has 0 radical (unpaired) electrons. The van der Waals surface area contributed by atoms with Gasteiger partial charge in [0.05, 0.1) is 6.10 Å². The van der Waals surface area contributed by atoms with Gasteiger partial charge >= 0.3 is 0 Å². The van der Waals surface area contributed by atoms with Gasteiger partial charge in [-0.05, 0) is 84.7 Å². The Kier molecular flexibility index (Phi) is 6.52. The molecule has 0 N–H and O–H groups in total. The lowest BCUT2D eigenvalue weighted by Crippen LogP contribution is -2.53. The zero-order valence-corrected chi connectivity index (χ0v) is 20.9. The maximum Gasteiger partial charge on any atom is 0.243 e. The molecule has 1 aliphatic heterocycles. The predicted octanol–water partition coefficient (Wildman–Crippen LogP) is 6.60. The Morgan fingerprint density at radius 2 is 1.60 bits per heavy atom. The number of amides is 1. The van der Waals surface area contributed by atoms with Crippen molar-refractivity contribution in [3.8, 4) is 11.1 Å². The molecule has 0 aromatic heterocycles. The average molecular weight is 488 g/mol. The lowest BCUT2D eigenvalue weighted by Gasteiger charge is -2.41. The number of Topliss-reactive ketones (excluding diaryl/α,β-unsaturated/α-hetero) is 1. The molecule has 2 aliphatic rings. The number of hydrogen-bond donors (Lipinski definition) is 0. The number of halogens is 1. The third-order valence-corrected chi connectivity index (χ3v) is 7.99. The van der Waals surface area contributed by atoms with E-state index < -0.39 is 11.5 Å². The van der Waals surface area contributed by atoms with E-state index in [0.29, 0.717) is 17.9 Å². The van der Waals surface area contributed by atoms with Crippen LogP contribution in [0.2, 0.25) is 5.02 Å². The van der Waals surface area contributed by atoms with Gasteiger partial charge in [0.15, 0.2) is 5.78 Å². The molecule has 1 unspecified atom stereocenters. The molecule has 1 amide bonds. The number of para-hydroxylation sites is 1. The molecule has 0 bridgehead atoms. The number of methoxy groups -OCH3 is 1. The fourth-order valence-corrected chi connectivity index (χ4v) is 5.96. The lowest BCUT2D eigenvalue weighted by atomic mass is 9.74. The first-order valence-corrected chi connectivity index (χ1v) is 12.7. The summed E-state index contributed by atoms with van der Waals surface area (Å²) in [4.78, 5) is 30.3. The largest absolute Gasteiger partial charge is 0.381 e. The van der Waals surface area contributed by atoms with Crippen molar-refractivity contribution in [3.63, 3.8) is 0 Å². The van der Waals surface area contributed by atoms with Gasteiger partial charge in [-0.2, -0.15) is 0 Å². The van der Waals surface area contributed by atoms with Gasteiger partial charge in [-0.3, -0.25) is 14.5 Å². The van der Waals surface area contributed by atoms with Crippen LogP contribution in [0.5, 0.6) is 0 Å². The third kappa shape index (κ3) is 4.09. The molecular formula is C30H30ClNO3. The summed E-state index contributed by atoms with van der Waals surface area (Å²) in [5, 5.41) is 0.674. The highest BCUT2D eigenvalue weighted by atomic mass is 35.5. The summed E-state index contributed by atoms with van der Waals surface area (Å²) in [5.74, 6) is -0.916. The van der Waals surface area contributed by atoms with Crippen molar-refractivity contribution in [2.75, 3.05) is 12.0 Å². The Morgan fingerprint density at radius 3 is 2.23 bits per heavy atom. The van der Waals surface area contributed by atoms with Gasteiger partial charge in [0, 0.05) is 17.8 Å². The minimum atomic E-state index is -0.834. The van der Waals surface area contributed by atoms with Crippen LogP contribution in [0.15, 0.2) is 72.8 Å². The first kappa shape index (κ1) is 23.8. The Balaban J connectivity index is 1.62. The topological polar surface area (TPSA) is 46.6 Å². The van der Waals surface area contributed by atoms with Crippen LogP contribution in [-0.2, 0) is 20.7 Å². The quantitative estimate of drug-likeness (QED) is 0.381. The van der Waals surface area contributed by atoms with Crippen LogP contribution < -0.4 is 4.90 Å². The molecule has 1 saturated heterocycles. The van der Waals surface area contributed by atoms with E-state index in [1.54, 1.807) is 12.0 Å². The van der Waals surface area contributed by atoms with Gasteiger partial charge in [-0.15, -0.1) is 0 Å². The van der Waals surface area contributed by atoms with Crippen molar-refractivity contribution in [2.45, 2.75) is 56.6 Å². The summed E-state index contributed by atoms with van der Waals surface area (Å²) in [5.41, 5.74) is 3.79. The summed E-state index contributed by atoms with van der Waals surface area (Å²) in [6, 6.07) is 23.4. The van der Waals surface area contributed by atoms with Crippen LogP contribution in [-0.4, -0.2) is 30.4 Å². The summed E-state index contributed by atoms with van der Waals surface area (Å²) in [7, 11) is 1.72. The Hall–Kier alpha value is -2.95. The predicted molar refractivity (Wildman–Crippen MR) is 140 cm³/mol. The van der Waals surface area contributed by atoms with Crippen molar-refractivity contribution in [1.29, 1.82) is 0 Å². The van der Waals surface area contributed by atoms with E-state index in [-0.39, 0.29) is 17.8 Å². The highest BCUT2D eigenvalue weighted by molar-refractivity contribution is 6.30. The molecule has 3 aromatic rings. The molecule has 180 valence electrons. The molecule has 5 rings (SSSR count). The first-order chi connectivity index (χ1) is 17.0. The van der Waals surface area contributed by atoms with Crippen molar-refractivity contribution in [1.82, 2.24) is 0 Å². The number of carbonyl (C=O) groups is 2. The van der Waals surface area contributed by atoms with Crippen molar-refractivity contribution < 1.29 is 14.3 Å². The highest BCUT2D eigenvalue weighted by Gasteiger charge is 2.60. The van der Waals surface area contributed by atoms with Crippen molar-refractivity contribution in [3.05, 3.63) is 88.9 Å². The highest BCUT2D eigenvalue weighted by Crippen LogP contribution is 2.48. The van der Waals surface area contributed by atoms with E-state index in [2.05, 4.69) is 19.1 Å². The Labute approximate surface area is 211 Å². The second-order valence-electron chi connectivity index (χ2n) is 9.55. The molecule has 5 heteroatoms. The van der Waals surface area contributed by atoms with Gasteiger partial charge in [0.25, 0.3) is 0 Å². The first-order valence-electron chi connectivity index (χ1n) is 12.3. The van der Waals surface area contributed by atoms with Crippen LogP contribution in [0.1, 0.15) is 49.7 Å². The van der Waals surface area contributed by atoms with E-state index in [4.69, 9.17) is 16.3 Å². The normalized spacial score (nSPS) is 24.4. The summed E-state index contributed by atoms with van der Waals surface area (Å²) >= 11 is 6.09. The molecule has 35 heavy (non-hydrogen) atoms. The van der Waals surface area contributed by atoms with Crippen LogP contribution in [0.4, 0.5) is 5.69 Å². The fraction of sp³-hybridized carbons (Fsp3) is 0.333. The summed E-state index contributed by atoms with van der Waals surface area (Å²) in [6.45, 7) is 2.07. The van der Waals surface area contributed by atoms with Gasteiger partial charge in [0.1, 0.15) is 11.5 Å². The molecule has 1 heterocycles. The van der Waals surface area contributed by atoms with E-state index in [9.17, 15) is 9.59 Å². The van der Waals surface area contributed by atoms with Crippen LogP contribution in [0, 0.1) is 0 Å². The van der Waals surface area contributed by atoms with Gasteiger partial charge in [-0.1, -0.05) is 61.0 Å². The van der Waals surface area contributed by atoms with E-state index >= 15 is 0 Å². The van der Waals surface area contributed by atoms with E-state index in [1.165, 1.54) is 0 Å². The van der Waals surface area contributed by atoms with Gasteiger partial charge < -0.3 is 4.74 Å². The maximum atomic E-state index is 14.3. The molecule has 1 aliphatic carbocycles. The maximum absolute atomic E-state index is 14.3. The average Bonchev–Trinajstić information content (AvgIpc) is 3.10. The molecular weight excluding hydrogens is 458 g/mol. The number of aryl methyl sites for hydroxylation is 1. The second-order valence-corrected chi connectivity index (χ2v) is 9.98. The Bertz CT molecular complexity index is 1230. The lowest BCUT2D eigenvalue weighted by molar-refractivity contribution is -0.126. The smallest absolute Gasteiger partial charge is 0.243 e. The minimum absolute atomic E-state index is 0.0175. The number of hydrogen-bond acceptors (Lipinski definition) is 3. The molecule has 1 atom stereocenters. The summed E-state index contributed by atoms with van der Waals surface area (Å²) in [6.07, 6.45) is 3.62. The fourth-order valence-electron chi connectivity index (χ4n) is 5.84. The van der Waals surface area contributed by atoms with Gasteiger partial charge in [-0.25, -0.2) is 0 Å². The monoisotopic (exact) mass is 487 g/mol. The number of benzene rings is 3. The molecule has 1 spiro atoms. The number of carbonyl (C=O) groups excluding carboxylic acids is 2. The SMILES string of the molecule is CCc1ccc(-c2ccc(Cl)cc2)cc1C1C(=O)N(c2ccccc2)C2(CCC(OC)CC2)C1=O. The number of ketones is 1. The van der Waals surface area contributed by atoms with Crippen LogP contribution in [0.25, 0.3) is 11.1 Å². The van der Waals surface area contributed by atoms with E-state index in [0.717, 1.165) is 47.2 Å². The van der Waals surface area contributed by atoms with Crippen LogP contribution >= 0.6 is 11.6 Å².